The van der Waals surface area contributed by atoms with E-state index in [-0.39, 0.29) is 0 Å². The van der Waals surface area contributed by atoms with Gasteiger partial charge in [-0.15, -0.1) is 0 Å². The second-order valence-electron chi connectivity index (χ2n) is 5.14. The van der Waals surface area contributed by atoms with Crippen LogP contribution in [0.1, 0.15) is 11.4 Å². The van der Waals surface area contributed by atoms with Crippen LogP contribution in [0.3, 0.4) is 0 Å². The minimum absolute atomic E-state index is 0.454. The lowest BCUT2D eigenvalue weighted by atomic mass is 10.2. The van der Waals surface area contributed by atoms with Gasteiger partial charge < -0.3 is 19.6 Å². The SMILES string of the molecule is O=P(O)(O)C[n+]1ccccc1C=Cc1cccc[n+]1CP(=O)(O)O. The van der Waals surface area contributed by atoms with Crippen LogP contribution in [-0.4, -0.2) is 19.6 Å². The molecule has 0 radical (unpaired) electrons. The van der Waals surface area contributed by atoms with Gasteiger partial charge in [0.15, 0.2) is 12.4 Å². The van der Waals surface area contributed by atoms with Gasteiger partial charge in [-0.25, -0.2) is 0 Å². The van der Waals surface area contributed by atoms with Crippen molar-refractivity contribution in [1.82, 2.24) is 0 Å². The van der Waals surface area contributed by atoms with Crippen molar-refractivity contribution in [2.45, 2.75) is 12.6 Å². The molecule has 2 aromatic rings. The van der Waals surface area contributed by atoms with Crippen LogP contribution in [0.25, 0.3) is 12.2 Å². The first-order valence-corrected chi connectivity index (χ1v) is 10.5. The highest BCUT2D eigenvalue weighted by atomic mass is 31.2. The Bertz CT molecular complexity index is 773. The van der Waals surface area contributed by atoms with E-state index in [9.17, 15) is 9.13 Å². The summed E-state index contributed by atoms with van der Waals surface area (Å²) in [5, 5.41) is 0. The van der Waals surface area contributed by atoms with E-state index in [1.807, 2.05) is 0 Å². The largest absolute Gasteiger partial charge is 0.390 e. The molecule has 0 spiro atoms. The number of pyridine rings is 2. The van der Waals surface area contributed by atoms with Crippen molar-refractivity contribution >= 4 is 27.3 Å². The summed E-state index contributed by atoms with van der Waals surface area (Å²) in [5.74, 6) is 0. The fraction of sp³-hybridized carbons (Fsp3) is 0.143. The van der Waals surface area contributed by atoms with Gasteiger partial charge in [0, 0.05) is 36.4 Å². The molecule has 2 aromatic heterocycles. The van der Waals surface area contributed by atoms with Crippen LogP contribution < -0.4 is 9.13 Å². The summed E-state index contributed by atoms with van der Waals surface area (Å²) in [7, 11) is -8.45. The number of rotatable bonds is 6. The van der Waals surface area contributed by atoms with E-state index in [4.69, 9.17) is 19.6 Å². The summed E-state index contributed by atoms with van der Waals surface area (Å²) < 4.78 is 25.2. The molecule has 24 heavy (non-hydrogen) atoms. The maximum atomic E-state index is 11.2. The molecular weight excluding hydrogens is 354 g/mol. The van der Waals surface area contributed by atoms with E-state index in [1.54, 1.807) is 60.9 Å². The molecule has 0 aliphatic rings. The topological polar surface area (TPSA) is 123 Å². The lowest BCUT2D eigenvalue weighted by Crippen LogP contribution is -2.37. The molecule has 0 saturated heterocycles. The zero-order valence-corrected chi connectivity index (χ0v) is 14.4. The Labute approximate surface area is 138 Å². The van der Waals surface area contributed by atoms with E-state index in [1.165, 1.54) is 9.13 Å². The number of nitrogens with zero attached hydrogens (tertiary/aromatic N) is 2. The number of aromatic nitrogens is 2. The maximum Gasteiger partial charge on any atom is 0.390 e. The molecule has 0 bridgehead atoms. The number of hydrogen-bond donors (Lipinski definition) is 4. The maximum absolute atomic E-state index is 11.2. The Morgan fingerprint density at radius 2 is 1.12 bits per heavy atom. The quantitative estimate of drug-likeness (QED) is 0.437. The lowest BCUT2D eigenvalue weighted by Gasteiger charge is -2.03. The van der Waals surface area contributed by atoms with Crippen molar-refractivity contribution in [3.05, 3.63) is 60.2 Å². The van der Waals surface area contributed by atoms with E-state index >= 15 is 0 Å². The van der Waals surface area contributed by atoms with Crippen LogP contribution in [0.4, 0.5) is 0 Å². The summed E-state index contributed by atoms with van der Waals surface area (Å²) in [6.45, 7) is 0. The molecule has 4 N–H and O–H groups in total. The Balaban J connectivity index is 2.33. The molecule has 0 aliphatic heterocycles. The fourth-order valence-electron chi connectivity index (χ4n) is 2.11. The smallest absolute Gasteiger partial charge is 0.320 e. The molecule has 2 rings (SSSR count). The van der Waals surface area contributed by atoms with E-state index in [2.05, 4.69) is 0 Å². The van der Waals surface area contributed by atoms with Crippen LogP contribution in [0, 0.1) is 0 Å². The third-order valence-electron chi connectivity index (χ3n) is 3.05. The van der Waals surface area contributed by atoms with Crippen molar-refractivity contribution in [3.63, 3.8) is 0 Å². The predicted molar refractivity (Wildman–Crippen MR) is 86.3 cm³/mol. The molecular formula is C14H18N2O6P2+2. The van der Waals surface area contributed by atoms with Gasteiger partial charge in [-0.05, 0) is 12.1 Å². The minimum Gasteiger partial charge on any atom is -0.320 e. The first-order valence-electron chi connectivity index (χ1n) is 6.88. The molecule has 0 atom stereocenters. The third kappa shape index (κ3) is 6.09. The highest BCUT2D eigenvalue weighted by Crippen LogP contribution is 2.34. The minimum atomic E-state index is -4.23. The van der Waals surface area contributed by atoms with Crippen LogP contribution >= 0.6 is 15.2 Å². The summed E-state index contributed by atoms with van der Waals surface area (Å²) in [5.41, 5.74) is 1.10. The molecule has 0 saturated carbocycles. The lowest BCUT2D eigenvalue weighted by molar-refractivity contribution is -0.682. The second kappa shape index (κ2) is 7.49. The van der Waals surface area contributed by atoms with Gasteiger partial charge in [0.05, 0.1) is 0 Å². The first kappa shape index (κ1) is 18.7. The molecule has 0 unspecified atom stereocenters. The van der Waals surface area contributed by atoms with Crippen LogP contribution in [0.5, 0.6) is 0 Å². The van der Waals surface area contributed by atoms with Gasteiger partial charge >= 0.3 is 15.2 Å². The fourth-order valence-corrected chi connectivity index (χ4v) is 3.42. The van der Waals surface area contributed by atoms with Crippen LogP contribution in [0.15, 0.2) is 48.8 Å². The molecule has 0 amide bonds. The Morgan fingerprint density at radius 1 is 0.750 bits per heavy atom. The van der Waals surface area contributed by atoms with Gasteiger partial charge in [-0.3, -0.25) is 9.13 Å². The van der Waals surface area contributed by atoms with Gasteiger partial charge in [-0.2, -0.15) is 9.13 Å². The zero-order valence-electron chi connectivity index (χ0n) is 12.6. The molecule has 0 fully saturated rings. The van der Waals surface area contributed by atoms with Crippen molar-refractivity contribution in [3.8, 4) is 0 Å². The molecule has 0 aliphatic carbocycles. The van der Waals surface area contributed by atoms with Crippen LogP contribution in [0.2, 0.25) is 0 Å². The summed E-state index contributed by atoms with van der Waals surface area (Å²) in [6.07, 6.45) is 5.44. The average Bonchev–Trinajstić information content (AvgIpc) is 2.44. The highest BCUT2D eigenvalue weighted by molar-refractivity contribution is 7.50. The van der Waals surface area contributed by atoms with Gasteiger partial charge in [-0.1, -0.05) is 0 Å². The van der Waals surface area contributed by atoms with Crippen molar-refractivity contribution in [2.75, 3.05) is 0 Å². The predicted octanol–water partition coefficient (Wildman–Crippen LogP) is 0.702. The monoisotopic (exact) mass is 372 g/mol. The highest BCUT2D eigenvalue weighted by Gasteiger charge is 2.23. The summed E-state index contributed by atoms with van der Waals surface area (Å²) in [6, 6.07) is 10.1. The average molecular weight is 372 g/mol. The van der Waals surface area contributed by atoms with E-state index in [0.717, 1.165) is 0 Å². The van der Waals surface area contributed by atoms with Crippen molar-refractivity contribution < 1.29 is 37.8 Å². The zero-order chi connectivity index (χ0) is 17.8. The third-order valence-corrected chi connectivity index (χ3v) is 4.40. The van der Waals surface area contributed by atoms with Crippen molar-refractivity contribution in [2.24, 2.45) is 0 Å². The van der Waals surface area contributed by atoms with E-state index in [0.29, 0.717) is 11.4 Å². The van der Waals surface area contributed by atoms with Gasteiger partial charge in [0.2, 0.25) is 24.0 Å². The molecule has 2 heterocycles. The van der Waals surface area contributed by atoms with Crippen molar-refractivity contribution in [1.29, 1.82) is 0 Å². The standard InChI is InChI=1S/C14H16N2O6P2/c17-23(18,19)11-15-9-3-1-5-13(15)7-8-14-6-2-4-10-16(14)12-24(20,21)22/h1-10H,11-12H2,(H2-2,17,18,19,20,21,22)/p+2. The molecule has 8 nitrogen and oxygen atoms in total. The molecule has 10 heteroatoms. The summed E-state index contributed by atoms with van der Waals surface area (Å²) in [4.78, 5) is 36.5. The molecule has 128 valence electrons. The van der Waals surface area contributed by atoms with Crippen LogP contribution in [-0.2, 0) is 21.7 Å². The Kier molecular flexibility index (Phi) is 5.83. The Hall–Kier alpha value is -1.66. The number of hydrogen-bond acceptors (Lipinski definition) is 2. The van der Waals surface area contributed by atoms with Gasteiger partial charge in [0.25, 0.3) is 0 Å². The summed E-state index contributed by atoms with van der Waals surface area (Å²) >= 11 is 0. The molecule has 0 aromatic carbocycles. The Morgan fingerprint density at radius 3 is 1.46 bits per heavy atom. The second-order valence-corrected chi connectivity index (χ2v) is 8.36. The first-order chi connectivity index (χ1) is 11.1. The van der Waals surface area contributed by atoms with Gasteiger partial charge in [0.1, 0.15) is 0 Å². The van der Waals surface area contributed by atoms with E-state index < -0.39 is 27.8 Å². The normalized spacial score (nSPS) is 12.7.